The van der Waals surface area contributed by atoms with Crippen molar-refractivity contribution in [3.05, 3.63) is 71.3 Å². The average Bonchev–Trinajstić information content (AvgIpc) is 2.99. The summed E-state index contributed by atoms with van der Waals surface area (Å²) >= 11 is 0. The standard InChI is InChI=1S/C20H18F5N3O2/c1-19(26-12-29)9-18(28(27-19)17-4-2-15(21)3-5-17)14-6-13(7-16(22)8-14)10-30-11-20(23,24)25/h2-9,12,27H,10-11H2,1H3,(H,26,29). The van der Waals surface area contributed by atoms with E-state index in [0.29, 0.717) is 23.4 Å². The molecule has 0 saturated carbocycles. The summed E-state index contributed by atoms with van der Waals surface area (Å²) in [6, 6.07) is 9.19. The minimum Gasteiger partial charge on any atom is -0.367 e. The summed E-state index contributed by atoms with van der Waals surface area (Å²) in [6.07, 6.45) is -2.40. The van der Waals surface area contributed by atoms with E-state index in [1.807, 2.05) is 0 Å². The smallest absolute Gasteiger partial charge is 0.367 e. The molecule has 1 amide bonds. The van der Waals surface area contributed by atoms with Crippen LogP contribution >= 0.6 is 0 Å². The third kappa shape index (κ3) is 5.33. The molecule has 2 aromatic carbocycles. The Balaban J connectivity index is 1.94. The van der Waals surface area contributed by atoms with Crippen molar-refractivity contribution in [3.8, 4) is 0 Å². The van der Waals surface area contributed by atoms with Gasteiger partial charge in [-0.05, 0) is 61.0 Å². The predicted octanol–water partition coefficient (Wildman–Crippen LogP) is 3.87. The van der Waals surface area contributed by atoms with Gasteiger partial charge in [-0.15, -0.1) is 0 Å². The maximum atomic E-state index is 14.2. The molecule has 0 aromatic heterocycles. The van der Waals surface area contributed by atoms with Crippen LogP contribution < -0.4 is 15.8 Å². The fraction of sp³-hybridized carbons (Fsp3) is 0.250. The van der Waals surface area contributed by atoms with Gasteiger partial charge in [-0.25, -0.2) is 14.2 Å². The first-order chi connectivity index (χ1) is 14.1. The zero-order chi connectivity index (χ0) is 21.9. The van der Waals surface area contributed by atoms with Crippen LogP contribution in [0.5, 0.6) is 0 Å². The van der Waals surface area contributed by atoms with Crippen LogP contribution in [0.4, 0.5) is 27.6 Å². The van der Waals surface area contributed by atoms with Gasteiger partial charge in [0.2, 0.25) is 6.41 Å². The maximum absolute atomic E-state index is 14.2. The van der Waals surface area contributed by atoms with E-state index in [-0.39, 0.29) is 5.56 Å². The van der Waals surface area contributed by atoms with Crippen molar-refractivity contribution in [1.82, 2.24) is 10.7 Å². The van der Waals surface area contributed by atoms with E-state index in [1.54, 1.807) is 13.0 Å². The molecule has 1 unspecified atom stereocenters. The molecule has 1 heterocycles. The van der Waals surface area contributed by atoms with Gasteiger partial charge < -0.3 is 10.1 Å². The van der Waals surface area contributed by atoms with Gasteiger partial charge in [0.1, 0.15) is 23.9 Å². The maximum Gasteiger partial charge on any atom is 0.411 e. The Morgan fingerprint density at radius 3 is 2.47 bits per heavy atom. The molecule has 30 heavy (non-hydrogen) atoms. The molecule has 0 spiro atoms. The third-order valence-corrected chi connectivity index (χ3v) is 4.24. The molecule has 5 nitrogen and oxygen atoms in total. The van der Waals surface area contributed by atoms with Gasteiger partial charge in [-0.3, -0.25) is 9.80 Å². The van der Waals surface area contributed by atoms with E-state index < -0.39 is 36.7 Å². The molecule has 1 aliphatic rings. The number of benzene rings is 2. The molecule has 0 radical (unpaired) electrons. The summed E-state index contributed by atoms with van der Waals surface area (Å²) < 4.78 is 69.0. The Kier molecular flexibility index (Phi) is 6.09. The van der Waals surface area contributed by atoms with Crippen LogP contribution in [0.15, 0.2) is 48.5 Å². The number of halogens is 5. The first kappa shape index (κ1) is 21.7. The molecular weight excluding hydrogens is 409 g/mol. The van der Waals surface area contributed by atoms with Crippen molar-refractivity contribution in [1.29, 1.82) is 0 Å². The number of alkyl halides is 3. The van der Waals surface area contributed by atoms with Gasteiger partial charge in [0.15, 0.2) is 0 Å². The summed E-state index contributed by atoms with van der Waals surface area (Å²) in [5, 5.41) is 4.10. The first-order valence-electron chi connectivity index (χ1n) is 8.81. The van der Waals surface area contributed by atoms with Gasteiger partial charge in [0, 0.05) is 5.56 Å². The Morgan fingerprint density at radius 1 is 1.13 bits per heavy atom. The van der Waals surface area contributed by atoms with Crippen molar-refractivity contribution in [2.45, 2.75) is 25.4 Å². The second kappa shape index (κ2) is 8.41. The fourth-order valence-electron chi connectivity index (χ4n) is 3.03. The van der Waals surface area contributed by atoms with E-state index in [2.05, 4.69) is 15.5 Å². The van der Waals surface area contributed by atoms with Crippen LogP contribution in [-0.2, 0) is 16.1 Å². The molecule has 2 N–H and O–H groups in total. The van der Waals surface area contributed by atoms with Crippen LogP contribution in [0.2, 0.25) is 0 Å². The van der Waals surface area contributed by atoms with Crippen molar-refractivity contribution in [2.75, 3.05) is 11.6 Å². The van der Waals surface area contributed by atoms with E-state index in [1.165, 1.54) is 41.4 Å². The molecule has 160 valence electrons. The molecule has 3 rings (SSSR count). The molecule has 1 aliphatic heterocycles. The highest BCUT2D eigenvalue weighted by molar-refractivity contribution is 5.82. The van der Waals surface area contributed by atoms with Crippen LogP contribution in [-0.4, -0.2) is 24.9 Å². The zero-order valence-electron chi connectivity index (χ0n) is 15.8. The topological polar surface area (TPSA) is 53.6 Å². The predicted molar refractivity (Wildman–Crippen MR) is 99.7 cm³/mol. The summed E-state index contributed by atoms with van der Waals surface area (Å²) in [4.78, 5) is 11.0. The number of carbonyl (C=O) groups is 1. The van der Waals surface area contributed by atoms with Crippen LogP contribution in [0.25, 0.3) is 5.70 Å². The minimum atomic E-state index is -4.49. The highest BCUT2D eigenvalue weighted by Gasteiger charge is 2.34. The second-order valence-electron chi connectivity index (χ2n) is 6.87. The van der Waals surface area contributed by atoms with Gasteiger partial charge in [-0.1, -0.05) is 0 Å². The van der Waals surface area contributed by atoms with E-state index in [0.717, 1.165) is 6.07 Å². The minimum absolute atomic E-state index is 0.200. The van der Waals surface area contributed by atoms with Crippen LogP contribution in [0, 0.1) is 11.6 Å². The number of hydrogen-bond donors (Lipinski definition) is 2. The molecule has 2 aromatic rings. The van der Waals surface area contributed by atoms with Crippen molar-refractivity contribution < 1.29 is 31.5 Å². The number of carbonyl (C=O) groups excluding carboxylic acids is 1. The monoisotopic (exact) mass is 427 g/mol. The van der Waals surface area contributed by atoms with Gasteiger partial charge in [-0.2, -0.15) is 13.2 Å². The number of ether oxygens (including phenoxy) is 1. The zero-order valence-corrected chi connectivity index (χ0v) is 15.8. The first-order valence-corrected chi connectivity index (χ1v) is 8.81. The molecule has 10 heteroatoms. The summed E-state index contributed by atoms with van der Waals surface area (Å²) in [6.45, 7) is -0.241. The number of nitrogens with zero attached hydrogens (tertiary/aromatic N) is 1. The van der Waals surface area contributed by atoms with Gasteiger partial charge in [0.05, 0.1) is 18.0 Å². The Labute approximate surface area is 169 Å². The lowest BCUT2D eigenvalue weighted by Crippen LogP contribution is -2.54. The second-order valence-corrected chi connectivity index (χ2v) is 6.87. The summed E-state index contributed by atoms with van der Waals surface area (Å²) in [7, 11) is 0. The van der Waals surface area contributed by atoms with E-state index >= 15 is 0 Å². The Morgan fingerprint density at radius 2 is 1.83 bits per heavy atom. The number of anilines is 1. The third-order valence-electron chi connectivity index (χ3n) is 4.24. The fourth-order valence-corrected chi connectivity index (χ4v) is 3.03. The number of nitrogens with one attached hydrogen (secondary N) is 2. The molecular formula is C20H18F5N3O2. The normalized spacial score (nSPS) is 19.0. The van der Waals surface area contributed by atoms with Crippen LogP contribution in [0.1, 0.15) is 18.1 Å². The highest BCUT2D eigenvalue weighted by atomic mass is 19.4. The van der Waals surface area contributed by atoms with Crippen LogP contribution in [0.3, 0.4) is 0 Å². The highest BCUT2D eigenvalue weighted by Crippen LogP contribution is 2.33. The van der Waals surface area contributed by atoms with Crippen molar-refractivity contribution >= 4 is 17.8 Å². The van der Waals surface area contributed by atoms with Gasteiger partial charge >= 0.3 is 6.18 Å². The molecule has 1 atom stereocenters. The molecule has 0 saturated heterocycles. The summed E-state index contributed by atoms with van der Waals surface area (Å²) in [5.41, 5.74) is 3.43. The Bertz CT molecular complexity index is 946. The van der Waals surface area contributed by atoms with Crippen molar-refractivity contribution in [2.24, 2.45) is 0 Å². The lowest BCUT2D eigenvalue weighted by molar-refractivity contribution is -0.176. The van der Waals surface area contributed by atoms with E-state index in [9.17, 15) is 26.7 Å². The van der Waals surface area contributed by atoms with Crippen molar-refractivity contribution in [3.63, 3.8) is 0 Å². The number of hydrogen-bond acceptors (Lipinski definition) is 4. The quantitative estimate of drug-likeness (QED) is 0.521. The lowest BCUT2D eigenvalue weighted by Gasteiger charge is -2.28. The molecule has 0 aliphatic carbocycles. The SMILES string of the molecule is CC1(NC=O)C=C(c2cc(F)cc(COCC(F)(F)F)c2)N(c2ccc(F)cc2)N1. The average molecular weight is 427 g/mol. The summed E-state index contributed by atoms with van der Waals surface area (Å²) in [5.74, 6) is -1.12. The molecule has 0 fully saturated rings. The largest absolute Gasteiger partial charge is 0.411 e. The molecule has 0 bridgehead atoms. The van der Waals surface area contributed by atoms with Gasteiger partial charge in [0.25, 0.3) is 0 Å². The lowest BCUT2D eigenvalue weighted by atomic mass is 10.1. The number of amides is 1. The van der Waals surface area contributed by atoms with E-state index in [4.69, 9.17) is 0 Å². The number of hydrazine groups is 1. The Hall–Kier alpha value is -2.98. The number of rotatable bonds is 7.